The van der Waals surface area contributed by atoms with E-state index in [9.17, 15) is 9.59 Å². The monoisotopic (exact) mass is 289 g/mol. The lowest BCUT2D eigenvalue weighted by atomic mass is 10.1. The Balaban J connectivity index is 2.51. The Morgan fingerprint density at radius 2 is 1.67 bits per heavy atom. The Hall–Kier alpha value is -2.63. The zero-order chi connectivity index (χ0) is 15.2. The van der Waals surface area contributed by atoms with Gasteiger partial charge < -0.3 is 14.0 Å². The highest BCUT2D eigenvalue weighted by Crippen LogP contribution is 2.26. The van der Waals surface area contributed by atoms with Crippen LogP contribution in [0.1, 0.15) is 34.8 Å². The molecule has 2 aromatic rings. The summed E-state index contributed by atoms with van der Waals surface area (Å²) in [6.07, 6.45) is 0. The molecule has 0 aliphatic carbocycles. The van der Waals surface area contributed by atoms with Gasteiger partial charge >= 0.3 is 11.9 Å². The van der Waals surface area contributed by atoms with Crippen LogP contribution in [0.25, 0.3) is 11.3 Å². The molecule has 0 bridgehead atoms. The first kappa shape index (κ1) is 14.8. The van der Waals surface area contributed by atoms with Crippen molar-refractivity contribution in [3.8, 4) is 11.3 Å². The number of benzene rings is 1. The second kappa shape index (κ2) is 6.69. The van der Waals surface area contributed by atoms with Gasteiger partial charge in [0.15, 0.2) is 0 Å². The molecule has 0 aliphatic heterocycles. The number of nitrogens with zero attached hydrogens (tertiary/aromatic N) is 1. The first-order valence-electron chi connectivity index (χ1n) is 6.58. The molecule has 0 radical (unpaired) electrons. The number of hydrogen-bond acceptors (Lipinski definition) is 6. The predicted molar refractivity (Wildman–Crippen MR) is 73.9 cm³/mol. The minimum absolute atomic E-state index is 0.0125. The second-order valence-corrected chi connectivity index (χ2v) is 4.04. The van der Waals surface area contributed by atoms with E-state index in [1.165, 1.54) is 0 Å². The average molecular weight is 289 g/mol. The molecule has 0 fully saturated rings. The van der Waals surface area contributed by atoms with E-state index in [0.29, 0.717) is 5.56 Å². The topological polar surface area (TPSA) is 78.6 Å². The lowest BCUT2D eigenvalue weighted by Gasteiger charge is -2.04. The molecule has 1 aromatic heterocycles. The van der Waals surface area contributed by atoms with Gasteiger partial charge in [-0.2, -0.15) is 0 Å². The van der Waals surface area contributed by atoms with Crippen LogP contribution >= 0.6 is 0 Å². The van der Waals surface area contributed by atoms with E-state index >= 15 is 0 Å². The van der Waals surface area contributed by atoms with E-state index in [1.54, 1.807) is 38.1 Å². The first-order valence-corrected chi connectivity index (χ1v) is 6.58. The molecule has 0 saturated heterocycles. The standard InChI is InChI=1S/C15H15NO5/c1-3-19-14(17)11-12(10-8-6-5-7-9-10)16-21-13(11)15(18)20-4-2/h5-9H,3-4H2,1-2H3. The first-order chi connectivity index (χ1) is 10.2. The molecule has 0 atom stereocenters. The molecule has 1 heterocycles. The second-order valence-electron chi connectivity index (χ2n) is 4.04. The zero-order valence-corrected chi connectivity index (χ0v) is 11.8. The number of aromatic nitrogens is 1. The van der Waals surface area contributed by atoms with Crippen molar-refractivity contribution >= 4 is 11.9 Å². The van der Waals surface area contributed by atoms with Crippen LogP contribution in [-0.2, 0) is 9.47 Å². The van der Waals surface area contributed by atoms with Crippen molar-refractivity contribution in [2.75, 3.05) is 13.2 Å². The Bertz CT molecular complexity index is 633. The summed E-state index contributed by atoms with van der Waals surface area (Å²) in [6, 6.07) is 8.94. The summed E-state index contributed by atoms with van der Waals surface area (Å²) in [4.78, 5) is 24.0. The van der Waals surface area contributed by atoms with Gasteiger partial charge in [0.1, 0.15) is 11.3 Å². The van der Waals surface area contributed by atoms with Gasteiger partial charge in [0, 0.05) is 5.56 Å². The van der Waals surface area contributed by atoms with E-state index in [2.05, 4.69) is 5.16 Å². The third-order valence-electron chi connectivity index (χ3n) is 2.68. The molecule has 0 unspecified atom stereocenters. The van der Waals surface area contributed by atoms with E-state index < -0.39 is 11.9 Å². The van der Waals surface area contributed by atoms with E-state index in [1.807, 2.05) is 6.07 Å². The summed E-state index contributed by atoms with van der Waals surface area (Å²) < 4.78 is 14.8. The van der Waals surface area contributed by atoms with Gasteiger partial charge in [-0.3, -0.25) is 0 Å². The fraction of sp³-hybridized carbons (Fsp3) is 0.267. The maximum absolute atomic E-state index is 12.1. The van der Waals surface area contributed by atoms with E-state index in [4.69, 9.17) is 14.0 Å². The molecule has 1 aromatic carbocycles. The summed E-state index contributed by atoms with van der Waals surface area (Å²) in [6.45, 7) is 3.69. The van der Waals surface area contributed by atoms with Crippen molar-refractivity contribution in [1.82, 2.24) is 5.16 Å². The molecule has 6 nitrogen and oxygen atoms in total. The highest BCUT2D eigenvalue weighted by Gasteiger charge is 2.30. The molecule has 110 valence electrons. The van der Waals surface area contributed by atoms with Gasteiger partial charge in [-0.1, -0.05) is 35.5 Å². The highest BCUT2D eigenvalue weighted by molar-refractivity contribution is 6.05. The zero-order valence-electron chi connectivity index (χ0n) is 11.8. The molecule has 0 aliphatic rings. The molecular formula is C15H15NO5. The summed E-state index contributed by atoms with van der Waals surface area (Å²) in [5, 5.41) is 3.82. The predicted octanol–water partition coefficient (Wildman–Crippen LogP) is 2.70. The van der Waals surface area contributed by atoms with Crippen molar-refractivity contribution in [1.29, 1.82) is 0 Å². The fourth-order valence-corrected chi connectivity index (χ4v) is 1.81. The maximum atomic E-state index is 12.1. The number of ether oxygens (including phenoxy) is 2. The van der Waals surface area contributed by atoms with Crippen LogP contribution in [-0.4, -0.2) is 30.3 Å². The van der Waals surface area contributed by atoms with Crippen molar-refractivity contribution in [3.63, 3.8) is 0 Å². The fourth-order valence-electron chi connectivity index (χ4n) is 1.81. The van der Waals surface area contributed by atoms with Crippen LogP contribution in [0, 0.1) is 0 Å². The molecule has 0 amide bonds. The lowest BCUT2D eigenvalue weighted by Crippen LogP contribution is -2.12. The maximum Gasteiger partial charge on any atom is 0.378 e. The van der Waals surface area contributed by atoms with Crippen molar-refractivity contribution in [2.45, 2.75) is 13.8 Å². The quantitative estimate of drug-likeness (QED) is 0.787. The molecule has 6 heteroatoms. The number of esters is 2. The van der Waals surface area contributed by atoms with Gasteiger partial charge in [0.05, 0.1) is 13.2 Å². The van der Waals surface area contributed by atoms with Gasteiger partial charge in [-0.05, 0) is 13.8 Å². The van der Waals surface area contributed by atoms with Gasteiger partial charge in [0.2, 0.25) is 0 Å². The normalized spacial score (nSPS) is 10.2. The SMILES string of the molecule is CCOC(=O)c1onc(-c2ccccc2)c1C(=O)OCC. The molecule has 0 spiro atoms. The molecule has 2 rings (SSSR count). The number of rotatable bonds is 5. The van der Waals surface area contributed by atoms with Crippen LogP contribution < -0.4 is 0 Å². The van der Waals surface area contributed by atoms with E-state index in [0.717, 1.165) is 0 Å². The largest absolute Gasteiger partial charge is 0.462 e. The van der Waals surface area contributed by atoms with Crippen LogP contribution in [0.2, 0.25) is 0 Å². The van der Waals surface area contributed by atoms with Gasteiger partial charge in [-0.15, -0.1) is 0 Å². The summed E-state index contributed by atoms with van der Waals surface area (Å²) in [7, 11) is 0. The minimum Gasteiger partial charge on any atom is -0.462 e. The minimum atomic E-state index is -0.741. The van der Waals surface area contributed by atoms with Crippen molar-refractivity contribution in [3.05, 3.63) is 41.7 Å². The Morgan fingerprint density at radius 3 is 2.29 bits per heavy atom. The number of hydrogen-bond donors (Lipinski definition) is 0. The van der Waals surface area contributed by atoms with Crippen LogP contribution in [0.5, 0.6) is 0 Å². The van der Waals surface area contributed by atoms with Crippen molar-refractivity contribution in [2.24, 2.45) is 0 Å². The third-order valence-corrected chi connectivity index (χ3v) is 2.68. The van der Waals surface area contributed by atoms with Gasteiger partial charge in [-0.25, -0.2) is 9.59 Å². The Morgan fingerprint density at radius 1 is 1.05 bits per heavy atom. The Labute approximate surface area is 121 Å². The molecule has 0 saturated carbocycles. The lowest BCUT2D eigenvalue weighted by molar-refractivity contribution is 0.0445. The van der Waals surface area contributed by atoms with Crippen LogP contribution in [0.15, 0.2) is 34.9 Å². The average Bonchev–Trinajstić information content (AvgIpc) is 2.93. The molecular weight excluding hydrogens is 274 g/mol. The smallest absolute Gasteiger partial charge is 0.378 e. The highest BCUT2D eigenvalue weighted by atomic mass is 16.6. The Kier molecular flexibility index (Phi) is 4.71. The number of carbonyl (C=O) groups excluding carboxylic acids is 2. The van der Waals surface area contributed by atoms with Gasteiger partial charge in [0.25, 0.3) is 5.76 Å². The third kappa shape index (κ3) is 3.10. The number of carbonyl (C=O) groups is 2. The summed E-state index contributed by atoms with van der Waals surface area (Å²) in [5.41, 5.74) is 0.901. The van der Waals surface area contributed by atoms with Crippen LogP contribution in [0.4, 0.5) is 0 Å². The van der Waals surface area contributed by atoms with Crippen molar-refractivity contribution < 1.29 is 23.6 Å². The molecule has 0 N–H and O–H groups in total. The van der Waals surface area contributed by atoms with E-state index in [-0.39, 0.29) is 30.2 Å². The van der Waals surface area contributed by atoms with Crippen LogP contribution in [0.3, 0.4) is 0 Å². The summed E-state index contributed by atoms with van der Waals surface area (Å²) in [5.74, 6) is -1.65. The molecule has 21 heavy (non-hydrogen) atoms. The summed E-state index contributed by atoms with van der Waals surface area (Å²) >= 11 is 0.